The molecule has 1 amide bonds. The van der Waals surface area contributed by atoms with Gasteiger partial charge in [-0.25, -0.2) is 9.07 Å². The molecule has 1 atom stereocenters. The fourth-order valence-electron chi connectivity index (χ4n) is 3.00. The molecule has 3 aromatic rings. The number of halogens is 1. The van der Waals surface area contributed by atoms with Crippen molar-refractivity contribution in [2.24, 2.45) is 0 Å². The normalized spacial score (nSPS) is 11.6. The van der Waals surface area contributed by atoms with Crippen LogP contribution >= 0.6 is 0 Å². The van der Waals surface area contributed by atoms with Crippen LogP contribution in [-0.2, 0) is 0 Å². The molecule has 8 nitrogen and oxygen atoms in total. The third-order valence-electron chi connectivity index (χ3n) is 4.64. The predicted octanol–water partition coefficient (Wildman–Crippen LogP) is 2.51. The average Bonchev–Trinajstić information content (AvgIpc) is 3.17. The lowest BCUT2D eigenvalue weighted by atomic mass is 10.2. The summed E-state index contributed by atoms with van der Waals surface area (Å²) in [6.07, 6.45) is 0.375. The molecule has 0 bridgehead atoms. The van der Waals surface area contributed by atoms with E-state index in [0.717, 1.165) is 0 Å². The Labute approximate surface area is 179 Å². The molecule has 164 valence electrons. The van der Waals surface area contributed by atoms with Crippen molar-refractivity contribution in [3.05, 3.63) is 65.7 Å². The Morgan fingerprint density at radius 1 is 1.16 bits per heavy atom. The van der Waals surface area contributed by atoms with Crippen molar-refractivity contribution in [1.82, 2.24) is 15.1 Å². The first-order valence-corrected chi connectivity index (χ1v) is 9.55. The third kappa shape index (κ3) is 4.95. The number of amides is 1. The SMILES string of the molecule is COc1cccc(OC)c1OCC(O)CNC(=O)c1cnn(-c2ccccc2F)c1C. The van der Waals surface area contributed by atoms with Crippen molar-refractivity contribution in [3.63, 3.8) is 0 Å². The van der Waals surface area contributed by atoms with Crippen molar-refractivity contribution in [1.29, 1.82) is 0 Å². The van der Waals surface area contributed by atoms with Crippen LogP contribution < -0.4 is 19.5 Å². The van der Waals surface area contributed by atoms with Gasteiger partial charge in [0.15, 0.2) is 11.5 Å². The zero-order valence-corrected chi connectivity index (χ0v) is 17.5. The summed E-state index contributed by atoms with van der Waals surface area (Å²) < 4.78 is 31.5. The summed E-state index contributed by atoms with van der Waals surface area (Å²) in [5, 5.41) is 17.0. The maximum absolute atomic E-state index is 14.0. The van der Waals surface area contributed by atoms with Crippen LogP contribution in [0.25, 0.3) is 5.69 Å². The van der Waals surface area contributed by atoms with Crippen molar-refractivity contribution in [2.75, 3.05) is 27.4 Å². The fraction of sp³-hybridized carbons (Fsp3) is 0.273. The van der Waals surface area contributed by atoms with Gasteiger partial charge in [-0.2, -0.15) is 5.10 Å². The number of carbonyl (C=O) groups is 1. The van der Waals surface area contributed by atoms with E-state index in [1.165, 1.54) is 31.2 Å². The number of ether oxygens (including phenoxy) is 3. The van der Waals surface area contributed by atoms with Gasteiger partial charge in [0.25, 0.3) is 5.91 Å². The van der Waals surface area contributed by atoms with E-state index in [0.29, 0.717) is 22.9 Å². The van der Waals surface area contributed by atoms with Gasteiger partial charge in [0.05, 0.1) is 31.7 Å². The molecule has 9 heteroatoms. The van der Waals surface area contributed by atoms with E-state index in [9.17, 15) is 14.3 Å². The molecule has 0 aliphatic heterocycles. The summed E-state index contributed by atoms with van der Waals surface area (Å²) in [6, 6.07) is 11.3. The molecule has 0 spiro atoms. The van der Waals surface area contributed by atoms with Gasteiger partial charge in [0.1, 0.15) is 24.2 Å². The highest BCUT2D eigenvalue weighted by atomic mass is 19.1. The second-order valence-corrected chi connectivity index (χ2v) is 6.67. The maximum Gasteiger partial charge on any atom is 0.254 e. The lowest BCUT2D eigenvalue weighted by Gasteiger charge is -2.17. The van der Waals surface area contributed by atoms with Crippen LogP contribution in [0.4, 0.5) is 4.39 Å². The number of rotatable bonds is 9. The van der Waals surface area contributed by atoms with Crippen molar-refractivity contribution < 1.29 is 28.5 Å². The number of benzene rings is 2. The molecule has 2 N–H and O–H groups in total. The smallest absolute Gasteiger partial charge is 0.254 e. The van der Waals surface area contributed by atoms with E-state index in [1.807, 2.05) is 0 Å². The summed E-state index contributed by atoms with van der Waals surface area (Å²) in [7, 11) is 3.00. The number of hydrogen-bond acceptors (Lipinski definition) is 6. The highest BCUT2D eigenvalue weighted by molar-refractivity contribution is 5.95. The van der Waals surface area contributed by atoms with Crippen LogP contribution in [0.3, 0.4) is 0 Å². The number of methoxy groups -OCH3 is 2. The average molecular weight is 429 g/mol. The van der Waals surface area contributed by atoms with Crippen molar-refractivity contribution in [2.45, 2.75) is 13.0 Å². The summed E-state index contributed by atoms with van der Waals surface area (Å²) in [4.78, 5) is 12.5. The fourth-order valence-corrected chi connectivity index (χ4v) is 3.00. The number of carbonyl (C=O) groups excluding carboxylic acids is 1. The number of nitrogens with one attached hydrogen (secondary N) is 1. The number of aliphatic hydroxyl groups excluding tert-OH is 1. The topological polar surface area (TPSA) is 94.8 Å². The van der Waals surface area contributed by atoms with Crippen LogP contribution in [0.1, 0.15) is 16.1 Å². The second kappa shape index (κ2) is 9.94. The van der Waals surface area contributed by atoms with Gasteiger partial charge in [0.2, 0.25) is 5.75 Å². The van der Waals surface area contributed by atoms with Crippen molar-refractivity contribution in [3.8, 4) is 22.9 Å². The molecule has 1 aromatic heterocycles. The number of para-hydroxylation sites is 2. The monoisotopic (exact) mass is 429 g/mol. The molecule has 0 saturated heterocycles. The van der Waals surface area contributed by atoms with E-state index < -0.39 is 17.8 Å². The Hall–Kier alpha value is -3.59. The minimum atomic E-state index is -0.986. The first-order chi connectivity index (χ1) is 15.0. The van der Waals surface area contributed by atoms with Crippen molar-refractivity contribution >= 4 is 5.91 Å². The Bertz CT molecular complexity index is 1030. The van der Waals surface area contributed by atoms with E-state index in [2.05, 4.69) is 10.4 Å². The summed E-state index contributed by atoms with van der Waals surface area (Å²) in [6.45, 7) is 1.52. The summed E-state index contributed by atoms with van der Waals surface area (Å²) in [5.74, 6) is 0.410. The minimum absolute atomic E-state index is 0.0549. The number of aliphatic hydroxyl groups is 1. The molecular weight excluding hydrogens is 405 g/mol. The van der Waals surface area contributed by atoms with Crippen LogP contribution in [0, 0.1) is 12.7 Å². The van der Waals surface area contributed by atoms with E-state index in [1.54, 1.807) is 43.3 Å². The molecule has 0 aliphatic rings. The molecule has 0 saturated carbocycles. The molecule has 3 rings (SSSR count). The van der Waals surface area contributed by atoms with Gasteiger partial charge < -0.3 is 24.6 Å². The van der Waals surface area contributed by atoms with Gasteiger partial charge in [-0.05, 0) is 31.2 Å². The van der Waals surface area contributed by atoms with Gasteiger partial charge in [-0.15, -0.1) is 0 Å². The first-order valence-electron chi connectivity index (χ1n) is 9.55. The first kappa shape index (κ1) is 22.1. The Morgan fingerprint density at radius 2 is 1.84 bits per heavy atom. The Kier molecular flexibility index (Phi) is 7.09. The lowest BCUT2D eigenvalue weighted by molar-refractivity contribution is 0.0833. The van der Waals surface area contributed by atoms with Crippen LogP contribution in [-0.4, -0.2) is 54.3 Å². The zero-order chi connectivity index (χ0) is 22.4. The summed E-state index contributed by atoms with van der Waals surface area (Å²) >= 11 is 0. The number of aromatic nitrogens is 2. The minimum Gasteiger partial charge on any atom is -0.493 e. The lowest BCUT2D eigenvalue weighted by Crippen LogP contribution is -2.35. The van der Waals surface area contributed by atoms with Gasteiger partial charge in [-0.1, -0.05) is 18.2 Å². The highest BCUT2D eigenvalue weighted by Crippen LogP contribution is 2.36. The molecule has 1 unspecified atom stereocenters. The van der Waals surface area contributed by atoms with E-state index in [-0.39, 0.29) is 24.4 Å². The largest absolute Gasteiger partial charge is 0.493 e. The van der Waals surface area contributed by atoms with Gasteiger partial charge >= 0.3 is 0 Å². The standard InChI is InChI=1S/C22H24FN3O5/c1-14-16(12-25-26(14)18-8-5-4-7-17(18)23)22(28)24-11-15(27)13-31-21-19(29-2)9-6-10-20(21)30-3/h4-10,12,15,27H,11,13H2,1-3H3,(H,24,28). The van der Waals surface area contributed by atoms with E-state index >= 15 is 0 Å². The highest BCUT2D eigenvalue weighted by Gasteiger charge is 2.18. The number of nitrogens with zero attached hydrogens (tertiary/aromatic N) is 2. The molecule has 0 fully saturated rings. The zero-order valence-electron chi connectivity index (χ0n) is 17.5. The molecule has 0 aliphatic carbocycles. The maximum atomic E-state index is 14.0. The Balaban J connectivity index is 1.60. The summed E-state index contributed by atoms with van der Waals surface area (Å²) in [5.41, 5.74) is 1.01. The van der Waals surface area contributed by atoms with E-state index in [4.69, 9.17) is 14.2 Å². The quantitative estimate of drug-likeness (QED) is 0.543. The Morgan fingerprint density at radius 3 is 2.48 bits per heavy atom. The van der Waals surface area contributed by atoms with Crippen LogP contribution in [0.5, 0.6) is 17.2 Å². The molecule has 0 radical (unpaired) electrons. The molecule has 31 heavy (non-hydrogen) atoms. The number of hydrogen-bond donors (Lipinski definition) is 2. The molecular formula is C22H24FN3O5. The molecule has 2 aromatic carbocycles. The molecule has 1 heterocycles. The van der Waals surface area contributed by atoms with Gasteiger partial charge in [0, 0.05) is 6.54 Å². The van der Waals surface area contributed by atoms with Crippen LogP contribution in [0.15, 0.2) is 48.7 Å². The van der Waals surface area contributed by atoms with Crippen LogP contribution in [0.2, 0.25) is 0 Å². The predicted molar refractivity (Wildman–Crippen MR) is 112 cm³/mol. The van der Waals surface area contributed by atoms with Gasteiger partial charge in [-0.3, -0.25) is 4.79 Å². The third-order valence-corrected chi connectivity index (χ3v) is 4.64. The second-order valence-electron chi connectivity index (χ2n) is 6.67.